The molecular weight excluding hydrogens is 467 g/mol. The highest BCUT2D eigenvalue weighted by molar-refractivity contribution is 7.99. The van der Waals surface area contributed by atoms with E-state index in [-0.39, 0.29) is 29.7 Å². The van der Waals surface area contributed by atoms with Crippen LogP contribution in [0.15, 0.2) is 52.4 Å². The minimum absolute atomic E-state index is 0.00393. The van der Waals surface area contributed by atoms with Gasteiger partial charge in [0, 0.05) is 24.3 Å². The van der Waals surface area contributed by atoms with Gasteiger partial charge in [-0.1, -0.05) is 37.2 Å². The number of aromatic nitrogens is 2. The lowest BCUT2D eigenvalue weighted by molar-refractivity contribution is -0.131. The lowest BCUT2D eigenvalue weighted by atomic mass is 10.2. The maximum Gasteiger partial charge on any atom is 0.262 e. The largest absolute Gasteiger partial charge is 0.336 e. The summed E-state index contributed by atoms with van der Waals surface area (Å²) in [6, 6.07) is 10.3. The van der Waals surface area contributed by atoms with Gasteiger partial charge in [-0.05, 0) is 48.4 Å². The van der Waals surface area contributed by atoms with E-state index in [1.165, 1.54) is 36.2 Å². The van der Waals surface area contributed by atoms with E-state index >= 15 is 0 Å². The number of hydrogen-bond acceptors (Lipinski definition) is 5. The number of thioether (sulfide) groups is 1. The molecule has 0 aliphatic rings. The van der Waals surface area contributed by atoms with Crippen LogP contribution in [0.25, 0.3) is 10.9 Å². The molecule has 174 valence electrons. The highest BCUT2D eigenvalue weighted by Crippen LogP contribution is 2.21. The molecule has 0 fully saturated rings. The van der Waals surface area contributed by atoms with E-state index in [1.807, 2.05) is 13.8 Å². The van der Waals surface area contributed by atoms with E-state index in [0.717, 1.165) is 11.8 Å². The van der Waals surface area contributed by atoms with Crippen molar-refractivity contribution < 1.29 is 14.0 Å². The minimum atomic E-state index is -0.404. The first kappa shape index (κ1) is 24.7. The number of benzene rings is 2. The number of carbonyl (C=O) groups is 2. The first-order valence-electron chi connectivity index (χ1n) is 10.3. The number of likely N-dealkylation sites (N-methyl/N-ethyl adjacent to an activating group) is 1. The molecule has 33 heavy (non-hydrogen) atoms. The fraction of sp³-hybridized carbons (Fsp3) is 0.304. The standard InChI is InChI=1S/C23H24ClFN4O3S/c1-14(2)11-29-22(32)18-10-15(24)4-9-19(18)27-23(29)33-13-21(31)28(3)12-20(30)26-17-7-5-16(25)6-8-17/h4-10,14H,11-13H2,1-3H3,(H,26,30). The van der Waals surface area contributed by atoms with Crippen LogP contribution in [0, 0.1) is 11.7 Å². The second-order valence-corrected chi connectivity index (χ2v) is 9.34. The molecule has 0 spiro atoms. The Morgan fingerprint density at radius 3 is 2.58 bits per heavy atom. The Morgan fingerprint density at radius 2 is 1.91 bits per heavy atom. The molecular formula is C23H24ClFN4O3S. The van der Waals surface area contributed by atoms with Gasteiger partial charge in [0.1, 0.15) is 5.82 Å². The molecule has 0 aliphatic carbocycles. The topological polar surface area (TPSA) is 84.3 Å². The summed E-state index contributed by atoms with van der Waals surface area (Å²) in [4.78, 5) is 43.7. The normalized spacial score (nSPS) is 11.1. The molecule has 3 rings (SSSR count). The molecule has 2 amide bonds. The lowest BCUT2D eigenvalue weighted by Gasteiger charge is -2.18. The van der Waals surface area contributed by atoms with Crippen LogP contribution in [0.1, 0.15) is 13.8 Å². The van der Waals surface area contributed by atoms with Crippen molar-refractivity contribution in [3.63, 3.8) is 0 Å². The smallest absolute Gasteiger partial charge is 0.262 e. The fourth-order valence-corrected chi connectivity index (χ4v) is 4.20. The average molecular weight is 491 g/mol. The number of rotatable bonds is 8. The van der Waals surface area contributed by atoms with Crippen LogP contribution < -0.4 is 10.9 Å². The van der Waals surface area contributed by atoms with Gasteiger partial charge >= 0.3 is 0 Å². The van der Waals surface area contributed by atoms with Gasteiger partial charge in [0.05, 0.1) is 23.2 Å². The third kappa shape index (κ3) is 6.55. The van der Waals surface area contributed by atoms with Crippen LogP contribution in [0.2, 0.25) is 5.02 Å². The van der Waals surface area contributed by atoms with Crippen LogP contribution in [0.3, 0.4) is 0 Å². The van der Waals surface area contributed by atoms with E-state index in [4.69, 9.17) is 11.6 Å². The number of fused-ring (bicyclic) bond motifs is 1. The maximum atomic E-state index is 13.0. The molecule has 0 saturated carbocycles. The van der Waals surface area contributed by atoms with Gasteiger partial charge in [0.15, 0.2) is 5.16 Å². The Labute approximate surface area is 199 Å². The molecule has 0 aliphatic heterocycles. The summed E-state index contributed by atoms with van der Waals surface area (Å²) in [5.74, 6) is -0.910. The molecule has 0 radical (unpaired) electrons. The molecule has 0 saturated heterocycles. The van der Waals surface area contributed by atoms with Crippen molar-refractivity contribution in [3.8, 4) is 0 Å². The Hall–Kier alpha value is -2.91. The number of hydrogen-bond donors (Lipinski definition) is 1. The number of amides is 2. The minimum Gasteiger partial charge on any atom is -0.336 e. The SMILES string of the molecule is CC(C)Cn1c(SCC(=O)N(C)CC(=O)Nc2ccc(F)cc2)nc2ccc(Cl)cc2c1=O. The summed E-state index contributed by atoms with van der Waals surface area (Å²) < 4.78 is 14.5. The van der Waals surface area contributed by atoms with E-state index in [1.54, 1.807) is 22.8 Å². The van der Waals surface area contributed by atoms with Crippen molar-refractivity contribution in [2.24, 2.45) is 5.92 Å². The predicted octanol–water partition coefficient (Wildman–Crippen LogP) is 4.03. The second kappa shape index (κ2) is 10.8. The Balaban J connectivity index is 1.69. The molecule has 1 N–H and O–H groups in total. The first-order valence-corrected chi connectivity index (χ1v) is 11.6. The van der Waals surface area contributed by atoms with Gasteiger partial charge in [-0.3, -0.25) is 19.0 Å². The molecule has 7 nitrogen and oxygen atoms in total. The zero-order chi connectivity index (χ0) is 24.1. The van der Waals surface area contributed by atoms with Crippen molar-refractivity contribution in [1.82, 2.24) is 14.5 Å². The summed E-state index contributed by atoms with van der Waals surface area (Å²) in [5, 5.41) is 3.93. The lowest BCUT2D eigenvalue weighted by Crippen LogP contribution is -2.36. The number of carbonyl (C=O) groups excluding carboxylic acids is 2. The van der Waals surface area contributed by atoms with Crippen molar-refractivity contribution in [2.75, 3.05) is 24.7 Å². The van der Waals surface area contributed by atoms with Crippen molar-refractivity contribution in [3.05, 3.63) is 63.7 Å². The number of nitrogens with zero attached hydrogens (tertiary/aromatic N) is 3. The van der Waals surface area contributed by atoms with Crippen molar-refractivity contribution in [1.29, 1.82) is 0 Å². The molecule has 0 atom stereocenters. The highest BCUT2D eigenvalue weighted by Gasteiger charge is 2.18. The maximum absolute atomic E-state index is 13.0. The predicted molar refractivity (Wildman–Crippen MR) is 129 cm³/mol. The zero-order valence-electron chi connectivity index (χ0n) is 18.5. The summed E-state index contributed by atoms with van der Waals surface area (Å²) in [7, 11) is 1.52. The number of anilines is 1. The summed E-state index contributed by atoms with van der Waals surface area (Å²) >= 11 is 7.19. The highest BCUT2D eigenvalue weighted by atomic mass is 35.5. The zero-order valence-corrected chi connectivity index (χ0v) is 20.0. The van der Waals surface area contributed by atoms with E-state index in [2.05, 4.69) is 10.3 Å². The molecule has 3 aromatic rings. The van der Waals surface area contributed by atoms with Gasteiger partial charge in [0.25, 0.3) is 5.56 Å². The summed E-state index contributed by atoms with van der Waals surface area (Å²) in [6.07, 6.45) is 0. The number of halogens is 2. The molecule has 10 heteroatoms. The first-order chi connectivity index (χ1) is 15.6. The van der Waals surface area contributed by atoms with Gasteiger partial charge in [-0.15, -0.1) is 0 Å². The van der Waals surface area contributed by atoms with E-state index in [0.29, 0.717) is 33.3 Å². The fourth-order valence-electron chi connectivity index (χ4n) is 3.08. The van der Waals surface area contributed by atoms with Crippen LogP contribution in [-0.2, 0) is 16.1 Å². The van der Waals surface area contributed by atoms with Gasteiger partial charge in [0.2, 0.25) is 11.8 Å². The van der Waals surface area contributed by atoms with Crippen molar-refractivity contribution >= 4 is 51.8 Å². The Morgan fingerprint density at radius 1 is 1.21 bits per heavy atom. The third-order valence-corrected chi connectivity index (χ3v) is 5.88. The van der Waals surface area contributed by atoms with E-state index in [9.17, 15) is 18.8 Å². The average Bonchev–Trinajstić information content (AvgIpc) is 2.76. The third-order valence-electron chi connectivity index (χ3n) is 4.69. The summed E-state index contributed by atoms with van der Waals surface area (Å²) in [6.45, 7) is 4.25. The van der Waals surface area contributed by atoms with Gasteiger partial charge in [-0.25, -0.2) is 9.37 Å². The van der Waals surface area contributed by atoms with Crippen LogP contribution in [-0.4, -0.2) is 45.6 Å². The molecule has 0 unspecified atom stereocenters. The van der Waals surface area contributed by atoms with Crippen LogP contribution in [0.4, 0.5) is 10.1 Å². The number of nitrogens with one attached hydrogen (secondary N) is 1. The van der Waals surface area contributed by atoms with Gasteiger partial charge in [-0.2, -0.15) is 0 Å². The Kier molecular flexibility index (Phi) is 8.10. The second-order valence-electron chi connectivity index (χ2n) is 7.96. The molecule has 1 heterocycles. The van der Waals surface area contributed by atoms with Crippen LogP contribution in [0.5, 0.6) is 0 Å². The molecule has 2 aromatic carbocycles. The molecule has 0 bridgehead atoms. The van der Waals surface area contributed by atoms with Crippen LogP contribution >= 0.6 is 23.4 Å². The monoisotopic (exact) mass is 490 g/mol. The summed E-state index contributed by atoms with van der Waals surface area (Å²) in [5.41, 5.74) is 0.736. The van der Waals surface area contributed by atoms with Gasteiger partial charge < -0.3 is 10.2 Å². The van der Waals surface area contributed by atoms with Crippen molar-refractivity contribution in [2.45, 2.75) is 25.5 Å². The Bertz CT molecular complexity index is 1230. The van der Waals surface area contributed by atoms with E-state index < -0.39 is 11.7 Å². The molecule has 1 aromatic heterocycles. The quantitative estimate of drug-likeness (QED) is 0.380.